The van der Waals surface area contributed by atoms with Crippen LogP contribution in [0.15, 0.2) is 24.3 Å². The van der Waals surface area contributed by atoms with E-state index in [1.807, 2.05) is 0 Å². The quantitative estimate of drug-likeness (QED) is 0.893. The van der Waals surface area contributed by atoms with Gasteiger partial charge in [-0.05, 0) is 50.9 Å². The van der Waals surface area contributed by atoms with E-state index >= 15 is 0 Å². The normalized spacial score (nSPS) is 25.5. The average molecular weight is 274 g/mol. The van der Waals surface area contributed by atoms with Gasteiger partial charge in [0.15, 0.2) is 0 Å². The standard InChI is InChI=1S/C17H26N2O/c1-19(13-15-6-4-5-11-20-15)10-9-14-12-18-17-8-3-2-7-16(14)17/h2-3,7-8,14-15,18H,4-6,9-13H2,1H3. The first-order valence-electron chi connectivity index (χ1n) is 7.96. The first-order valence-corrected chi connectivity index (χ1v) is 7.96. The van der Waals surface area contributed by atoms with Crippen LogP contribution in [0.1, 0.15) is 37.2 Å². The molecule has 3 heteroatoms. The summed E-state index contributed by atoms with van der Waals surface area (Å²) in [6.45, 7) is 4.29. The first kappa shape index (κ1) is 13.9. The second-order valence-corrected chi connectivity index (χ2v) is 6.20. The maximum Gasteiger partial charge on any atom is 0.0701 e. The highest BCUT2D eigenvalue weighted by Gasteiger charge is 2.22. The van der Waals surface area contributed by atoms with Gasteiger partial charge in [-0.15, -0.1) is 0 Å². The Morgan fingerprint density at radius 1 is 1.30 bits per heavy atom. The SMILES string of the molecule is CN(CCC1CNc2ccccc21)CC1CCCCO1. The number of likely N-dealkylation sites (N-methyl/N-ethyl adjacent to an activating group) is 1. The molecule has 1 aromatic carbocycles. The second kappa shape index (κ2) is 6.59. The number of ether oxygens (including phenoxy) is 1. The lowest BCUT2D eigenvalue weighted by atomic mass is 9.97. The molecule has 0 bridgehead atoms. The van der Waals surface area contributed by atoms with Crippen LogP contribution in [0.25, 0.3) is 0 Å². The largest absolute Gasteiger partial charge is 0.384 e. The van der Waals surface area contributed by atoms with Crippen LogP contribution in [-0.2, 0) is 4.74 Å². The van der Waals surface area contributed by atoms with Crippen LogP contribution < -0.4 is 5.32 Å². The number of hydrogen-bond donors (Lipinski definition) is 1. The lowest BCUT2D eigenvalue weighted by Crippen LogP contribution is -2.34. The Morgan fingerprint density at radius 3 is 3.05 bits per heavy atom. The Hall–Kier alpha value is -1.06. The molecule has 2 unspecified atom stereocenters. The predicted molar refractivity (Wildman–Crippen MR) is 83.4 cm³/mol. The number of hydrogen-bond acceptors (Lipinski definition) is 3. The van der Waals surface area contributed by atoms with Crippen molar-refractivity contribution in [2.24, 2.45) is 0 Å². The fourth-order valence-corrected chi connectivity index (χ4v) is 3.38. The van der Waals surface area contributed by atoms with Crippen molar-refractivity contribution < 1.29 is 4.74 Å². The van der Waals surface area contributed by atoms with Gasteiger partial charge in [-0.1, -0.05) is 18.2 Å². The van der Waals surface area contributed by atoms with Crippen molar-refractivity contribution in [3.8, 4) is 0 Å². The summed E-state index contributed by atoms with van der Waals surface area (Å²) in [4.78, 5) is 2.44. The van der Waals surface area contributed by atoms with Gasteiger partial charge >= 0.3 is 0 Å². The molecule has 2 heterocycles. The van der Waals surface area contributed by atoms with E-state index in [1.165, 1.54) is 36.9 Å². The van der Waals surface area contributed by atoms with Gasteiger partial charge in [0, 0.05) is 31.3 Å². The Kier molecular flexibility index (Phi) is 4.58. The summed E-state index contributed by atoms with van der Waals surface area (Å²) in [6, 6.07) is 8.72. The summed E-state index contributed by atoms with van der Waals surface area (Å²) >= 11 is 0. The lowest BCUT2D eigenvalue weighted by molar-refractivity contribution is -0.00171. The highest BCUT2D eigenvalue weighted by Crippen LogP contribution is 2.33. The van der Waals surface area contributed by atoms with Crippen LogP contribution >= 0.6 is 0 Å². The van der Waals surface area contributed by atoms with E-state index in [-0.39, 0.29) is 0 Å². The van der Waals surface area contributed by atoms with Gasteiger partial charge in [0.1, 0.15) is 0 Å². The lowest BCUT2D eigenvalue weighted by Gasteiger charge is -2.28. The van der Waals surface area contributed by atoms with E-state index in [2.05, 4.69) is 41.5 Å². The minimum atomic E-state index is 0.461. The van der Waals surface area contributed by atoms with Gasteiger partial charge in [0.25, 0.3) is 0 Å². The molecule has 0 aromatic heterocycles. The number of para-hydroxylation sites is 1. The first-order chi connectivity index (χ1) is 9.83. The zero-order valence-electron chi connectivity index (χ0n) is 12.5. The van der Waals surface area contributed by atoms with E-state index in [9.17, 15) is 0 Å². The van der Waals surface area contributed by atoms with Crippen molar-refractivity contribution >= 4 is 5.69 Å². The van der Waals surface area contributed by atoms with Gasteiger partial charge in [0.2, 0.25) is 0 Å². The molecular weight excluding hydrogens is 248 g/mol. The predicted octanol–water partition coefficient (Wildman–Crippen LogP) is 3.09. The molecule has 0 saturated carbocycles. The zero-order valence-corrected chi connectivity index (χ0v) is 12.5. The molecule has 2 atom stereocenters. The van der Waals surface area contributed by atoms with Crippen LogP contribution in [0.2, 0.25) is 0 Å². The van der Waals surface area contributed by atoms with Gasteiger partial charge < -0.3 is 15.0 Å². The van der Waals surface area contributed by atoms with Gasteiger partial charge in [-0.25, -0.2) is 0 Å². The van der Waals surface area contributed by atoms with E-state index in [0.29, 0.717) is 12.0 Å². The van der Waals surface area contributed by atoms with Crippen LogP contribution in [0.5, 0.6) is 0 Å². The fourth-order valence-electron chi connectivity index (χ4n) is 3.38. The minimum Gasteiger partial charge on any atom is -0.384 e. The maximum atomic E-state index is 5.82. The van der Waals surface area contributed by atoms with Crippen LogP contribution in [-0.4, -0.2) is 44.3 Å². The summed E-state index contributed by atoms with van der Waals surface area (Å²) in [7, 11) is 2.23. The Morgan fingerprint density at radius 2 is 2.20 bits per heavy atom. The Bertz CT molecular complexity index is 429. The van der Waals surface area contributed by atoms with E-state index < -0.39 is 0 Å². The third-order valence-electron chi connectivity index (χ3n) is 4.59. The third kappa shape index (κ3) is 3.33. The molecular formula is C17H26N2O. The second-order valence-electron chi connectivity index (χ2n) is 6.20. The molecule has 1 N–H and O–H groups in total. The molecule has 0 amide bonds. The molecule has 0 aliphatic carbocycles. The average Bonchev–Trinajstić information content (AvgIpc) is 2.89. The van der Waals surface area contributed by atoms with E-state index in [1.54, 1.807) is 0 Å². The number of nitrogens with one attached hydrogen (secondary N) is 1. The summed E-state index contributed by atoms with van der Waals surface area (Å²) in [5.74, 6) is 0.668. The molecule has 0 radical (unpaired) electrons. The number of rotatable bonds is 5. The number of fused-ring (bicyclic) bond motifs is 1. The molecule has 2 aliphatic rings. The molecule has 3 nitrogen and oxygen atoms in total. The van der Waals surface area contributed by atoms with E-state index in [4.69, 9.17) is 4.74 Å². The fraction of sp³-hybridized carbons (Fsp3) is 0.647. The molecule has 1 fully saturated rings. The van der Waals surface area contributed by atoms with Crippen molar-refractivity contribution in [2.45, 2.75) is 37.7 Å². The summed E-state index contributed by atoms with van der Waals surface area (Å²) in [5.41, 5.74) is 2.82. The zero-order chi connectivity index (χ0) is 13.8. The highest BCUT2D eigenvalue weighted by atomic mass is 16.5. The van der Waals surface area contributed by atoms with E-state index in [0.717, 1.165) is 26.2 Å². The summed E-state index contributed by atoms with van der Waals surface area (Å²) in [5, 5.41) is 3.51. The minimum absolute atomic E-state index is 0.461. The molecule has 0 spiro atoms. The molecule has 1 saturated heterocycles. The van der Waals surface area contributed by atoms with Gasteiger partial charge in [-0.2, -0.15) is 0 Å². The number of anilines is 1. The molecule has 20 heavy (non-hydrogen) atoms. The highest BCUT2D eigenvalue weighted by molar-refractivity contribution is 5.57. The van der Waals surface area contributed by atoms with Gasteiger partial charge in [0.05, 0.1) is 6.10 Å². The summed E-state index contributed by atoms with van der Waals surface area (Å²) in [6.07, 6.45) is 5.50. The van der Waals surface area contributed by atoms with Crippen LogP contribution in [0.3, 0.4) is 0 Å². The molecule has 1 aromatic rings. The van der Waals surface area contributed by atoms with Crippen molar-refractivity contribution in [1.82, 2.24) is 4.90 Å². The van der Waals surface area contributed by atoms with Crippen LogP contribution in [0.4, 0.5) is 5.69 Å². The Labute approximate surface area is 122 Å². The van der Waals surface area contributed by atoms with Crippen LogP contribution in [0, 0.1) is 0 Å². The Balaban J connectivity index is 1.45. The summed E-state index contributed by atoms with van der Waals surface area (Å²) < 4.78 is 5.82. The molecule has 3 rings (SSSR count). The topological polar surface area (TPSA) is 24.5 Å². The molecule has 2 aliphatic heterocycles. The van der Waals surface area contributed by atoms with Crippen molar-refractivity contribution in [2.75, 3.05) is 38.6 Å². The third-order valence-corrected chi connectivity index (χ3v) is 4.59. The van der Waals surface area contributed by atoms with Crippen molar-refractivity contribution in [1.29, 1.82) is 0 Å². The maximum absolute atomic E-state index is 5.82. The van der Waals surface area contributed by atoms with Gasteiger partial charge in [-0.3, -0.25) is 0 Å². The smallest absolute Gasteiger partial charge is 0.0701 e. The van der Waals surface area contributed by atoms with Crippen molar-refractivity contribution in [3.05, 3.63) is 29.8 Å². The van der Waals surface area contributed by atoms with Crippen molar-refractivity contribution in [3.63, 3.8) is 0 Å². The monoisotopic (exact) mass is 274 g/mol. The number of nitrogens with zero attached hydrogens (tertiary/aromatic N) is 1. The number of benzene rings is 1. The molecule has 110 valence electrons.